The van der Waals surface area contributed by atoms with E-state index < -0.39 is 35.3 Å². The van der Waals surface area contributed by atoms with E-state index in [0.717, 1.165) is 4.57 Å². The van der Waals surface area contributed by atoms with Gasteiger partial charge in [0.25, 0.3) is 11.5 Å². The van der Waals surface area contributed by atoms with Crippen LogP contribution in [0.25, 0.3) is 11.0 Å². The molecule has 2 aromatic heterocycles. The molecule has 1 N–H and O–H groups in total. The summed E-state index contributed by atoms with van der Waals surface area (Å²) < 4.78 is 40.8. The second-order valence-electron chi connectivity index (χ2n) is 6.88. The third kappa shape index (κ3) is 3.60. The van der Waals surface area contributed by atoms with Crippen molar-refractivity contribution in [2.24, 2.45) is 20.0 Å². The predicted molar refractivity (Wildman–Crippen MR) is 91.5 cm³/mol. The summed E-state index contributed by atoms with van der Waals surface area (Å²) in [5, 5.41) is 2.69. The van der Waals surface area contributed by atoms with Crippen molar-refractivity contribution in [3.63, 3.8) is 0 Å². The Hall–Kier alpha value is -2.65. The zero-order chi connectivity index (χ0) is 19.9. The first-order valence-electron chi connectivity index (χ1n) is 8.53. The summed E-state index contributed by atoms with van der Waals surface area (Å²) >= 11 is 0. The second-order valence-corrected chi connectivity index (χ2v) is 6.88. The summed E-state index contributed by atoms with van der Waals surface area (Å²) in [6.07, 6.45) is -2.31. The van der Waals surface area contributed by atoms with E-state index in [0.29, 0.717) is 12.8 Å². The third-order valence-electron chi connectivity index (χ3n) is 5.03. The van der Waals surface area contributed by atoms with Gasteiger partial charge in [0, 0.05) is 26.3 Å². The average Bonchev–Trinajstić information content (AvgIpc) is 2.63. The highest BCUT2D eigenvalue weighted by Gasteiger charge is 2.42. The number of nitrogens with one attached hydrogen (secondary N) is 1. The van der Waals surface area contributed by atoms with Gasteiger partial charge in [-0.25, -0.2) is 9.78 Å². The molecule has 0 aromatic carbocycles. The van der Waals surface area contributed by atoms with Crippen LogP contribution in [0.2, 0.25) is 0 Å². The Morgan fingerprint density at radius 2 is 1.93 bits per heavy atom. The van der Waals surface area contributed by atoms with E-state index in [1.165, 1.54) is 30.9 Å². The number of alkyl halides is 3. The minimum absolute atomic E-state index is 0.0624. The Labute approximate surface area is 151 Å². The first-order valence-corrected chi connectivity index (χ1v) is 8.53. The minimum atomic E-state index is -4.27. The predicted octanol–water partition coefficient (Wildman–Crippen LogP) is 1.48. The number of amides is 1. The summed E-state index contributed by atoms with van der Waals surface area (Å²) in [6, 6.07) is 0.722. The summed E-state index contributed by atoms with van der Waals surface area (Å²) in [7, 11) is 2.77. The maximum absolute atomic E-state index is 12.9. The van der Waals surface area contributed by atoms with Gasteiger partial charge in [-0.2, -0.15) is 13.2 Å². The lowest BCUT2D eigenvalue weighted by molar-refractivity contribution is -0.183. The highest BCUT2D eigenvalue weighted by atomic mass is 19.4. The fourth-order valence-electron chi connectivity index (χ4n) is 3.48. The quantitative estimate of drug-likeness (QED) is 0.850. The highest BCUT2D eigenvalue weighted by molar-refractivity contribution is 5.96. The molecule has 10 heteroatoms. The van der Waals surface area contributed by atoms with Gasteiger partial charge in [-0.1, -0.05) is 6.42 Å². The van der Waals surface area contributed by atoms with Crippen LogP contribution in [0.1, 0.15) is 36.0 Å². The number of aryl methyl sites for hydroxylation is 1. The molecular formula is C17H19F3N4O3. The van der Waals surface area contributed by atoms with Gasteiger partial charge in [0.2, 0.25) is 0 Å². The normalized spacial score (nSPS) is 20.6. The number of fused-ring (bicyclic) bond motifs is 1. The molecule has 0 aliphatic heterocycles. The molecule has 2 heterocycles. The van der Waals surface area contributed by atoms with Crippen LogP contribution in [0.3, 0.4) is 0 Å². The van der Waals surface area contributed by atoms with Crippen LogP contribution < -0.4 is 16.6 Å². The number of hydrogen-bond donors (Lipinski definition) is 1. The average molecular weight is 384 g/mol. The monoisotopic (exact) mass is 384 g/mol. The number of aromatic nitrogens is 3. The van der Waals surface area contributed by atoms with E-state index >= 15 is 0 Å². The molecule has 1 aliphatic carbocycles. The van der Waals surface area contributed by atoms with Gasteiger partial charge < -0.3 is 5.32 Å². The summed E-state index contributed by atoms with van der Waals surface area (Å²) in [5.41, 5.74) is -0.940. The van der Waals surface area contributed by atoms with Crippen molar-refractivity contribution in [2.75, 3.05) is 0 Å². The Morgan fingerprint density at radius 1 is 1.22 bits per heavy atom. The lowest BCUT2D eigenvalue weighted by Gasteiger charge is -2.31. The molecule has 0 spiro atoms. The van der Waals surface area contributed by atoms with Gasteiger partial charge in [-0.15, -0.1) is 0 Å². The smallest absolute Gasteiger partial charge is 0.349 e. The molecule has 2 unspecified atom stereocenters. The van der Waals surface area contributed by atoms with E-state index in [4.69, 9.17) is 0 Å². The Kier molecular flexibility index (Phi) is 4.83. The van der Waals surface area contributed by atoms with E-state index in [9.17, 15) is 27.6 Å². The summed E-state index contributed by atoms with van der Waals surface area (Å²) in [4.78, 5) is 40.7. The van der Waals surface area contributed by atoms with Gasteiger partial charge in [0.1, 0.15) is 5.65 Å². The molecule has 0 saturated heterocycles. The van der Waals surface area contributed by atoms with Crippen LogP contribution in [0, 0.1) is 5.92 Å². The van der Waals surface area contributed by atoms with Crippen LogP contribution in [0.4, 0.5) is 13.2 Å². The summed E-state index contributed by atoms with van der Waals surface area (Å²) in [6.45, 7) is 0. The van der Waals surface area contributed by atoms with Gasteiger partial charge in [-0.05, 0) is 25.3 Å². The maximum Gasteiger partial charge on any atom is 0.391 e. The molecule has 0 bridgehead atoms. The van der Waals surface area contributed by atoms with Crippen molar-refractivity contribution >= 4 is 16.9 Å². The summed E-state index contributed by atoms with van der Waals surface area (Å²) in [5.74, 6) is -2.01. The Morgan fingerprint density at radius 3 is 2.59 bits per heavy atom. The molecule has 1 fully saturated rings. The molecule has 2 atom stereocenters. The fraction of sp³-hybridized carbons (Fsp3) is 0.529. The molecule has 1 saturated carbocycles. The van der Waals surface area contributed by atoms with Crippen LogP contribution >= 0.6 is 0 Å². The van der Waals surface area contributed by atoms with Crippen LogP contribution in [-0.2, 0) is 14.1 Å². The van der Waals surface area contributed by atoms with Gasteiger partial charge in [0.15, 0.2) is 0 Å². The number of nitrogens with zero attached hydrogens (tertiary/aromatic N) is 3. The zero-order valence-corrected chi connectivity index (χ0v) is 14.8. The van der Waals surface area contributed by atoms with Crippen molar-refractivity contribution in [1.82, 2.24) is 19.4 Å². The number of pyridine rings is 1. The van der Waals surface area contributed by atoms with E-state index in [1.807, 2.05) is 0 Å². The van der Waals surface area contributed by atoms with Crippen molar-refractivity contribution in [3.8, 4) is 0 Å². The topological polar surface area (TPSA) is 86.0 Å². The lowest BCUT2D eigenvalue weighted by atomic mass is 9.85. The van der Waals surface area contributed by atoms with Crippen LogP contribution in [-0.4, -0.2) is 32.2 Å². The fourth-order valence-corrected chi connectivity index (χ4v) is 3.48. The van der Waals surface area contributed by atoms with Gasteiger partial charge in [0.05, 0.1) is 16.9 Å². The van der Waals surface area contributed by atoms with Gasteiger partial charge >= 0.3 is 11.9 Å². The Balaban J connectivity index is 1.86. The standard InChI is InChI=1S/C17H19F3N4O3/c1-23-13-12(15(26)24(2)16(23)27)6-9(8-21-13)14(25)22-11-5-3-4-10(7-11)17(18,19)20/h6,8,10-11H,3-5,7H2,1-2H3,(H,22,25). The molecule has 1 amide bonds. The molecule has 0 radical (unpaired) electrons. The molecule has 27 heavy (non-hydrogen) atoms. The number of carbonyl (C=O) groups excluding carboxylic acids is 1. The first kappa shape index (κ1) is 19.1. The number of rotatable bonds is 2. The molecular weight excluding hydrogens is 365 g/mol. The SMILES string of the molecule is Cn1c(=O)c2cc(C(=O)NC3CCCC(C(F)(F)F)C3)cnc2n(C)c1=O. The maximum atomic E-state index is 12.9. The van der Waals surface area contributed by atoms with E-state index in [-0.39, 0.29) is 29.4 Å². The van der Waals surface area contributed by atoms with Crippen molar-refractivity contribution in [3.05, 3.63) is 38.7 Å². The number of carbonyl (C=O) groups is 1. The van der Waals surface area contributed by atoms with Crippen LogP contribution in [0.15, 0.2) is 21.9 Å². The number of halogens is 3. The first-order chi connectivity index (χ1) is 12.6. The minimum Gasteiger partial charge on any atom is -0.349 e. The molecule has 2 aromatic rings. The second kappa shape index (κ2) is 6.82. The van der Waals surface area contributed by atoms with Crippen LogP contribution in [0.5, 0.6) is 0 Å². The zero-order valence-electron chi connectivity index (χ0n) is 14.8. The molecule has 146 valence electrons. The van der Waals surface area contributed by atoms with Gasteiger partial charge in [-0.3, -0.25) is 18.7 Å². The van der Waals surface area contributed by atoms with E-state index in [2.05, 4.69) is 10.3 Å². The lowest BCUT2D eigenvalue weighted by Crippen LogP contribution is -2.41. The Bertz CT molecular complexity index is 1010. The third-order valence-corrected chi connectivity index (χ3v) is 5.03. The molecule has 1 aliphatic rings. The highest BCUT2D eigenvalue weighted by Crippen LogP contribution is 2.37. The van der Waals surface area contributed by atoms with Crippen molar-refractivity contribution < 1.29 is 18.0 Å². The molecule has 7 nitrogen and oxygen atoms in total. The number of hydrogen-bond acceptors (Lipinski definition) is 4. The van der Waals surface area contributed by atoms with Crippen molar-refractivity contribution in [1.29, 1.82) is 0 Å². The molecule has 3 rings (SSSR count). The van der Waals surface area contributed by atoms with E-state index in [1.54, 1.807) is 0 Å². The largest absolute Gasteiger partial charge is 0.391 e. The van der Waals surface area contributed by atoms with Crippen molar-refractivity contribution in [2.45, 2.75) is 37.9 Å².